The number of hydrogen-bond acceptors (Lipinski definition) is 1. The smallest absolute Gasteiger partial charge is 0.000560 e. The van der Waals surface area contributed by atoms with Gasteiger partial charge in [0.1, 0.15) is 0 Å². The van der Waals surface area contributed by atoms with Crippen LogP contribution in [0, 0.1) is 10.8 Å². The van der Waals surface area contributed by atoms with E-state index >= 15 is 0 Å². The summed E-state index contributed by atoms with van der Waals surface area (Å²) in [5.41, 5.74) is 1.14. The molecule has 1 rings (SSSR count). The normalized spacial score (nSPS) is 32.7. The molecule has 0 N–H and O–H groups in total. The average Bonchev–Trinajstić information content (AvgIpc) is 2.33. The fraction of sp³-hybridized carbons (Fsp3) is 1.00. The lowest BCUT2D eigenvalue weighted by Crippen LogP contribution is -2.34. The predicted molar refractivity (Wildman–Crippen MR) is 54.1 cm³/mol. The summed E-state index contributed by atoms with van der Waals surface area (Å²) in [5.74, 6) is 2.76. The van der Waals surface area contributed by atoms with Crippen molar-refractivity contribution < 1.29 is 0 Å². The summed E-state index contributed by atoms with van der Waals surface area (Å²) in [5, 5.41) is 0. The molecule has 1 saturated heterocycles. The van der Waals surface area contributed by atoms with Crippen LogP contribution in [0.25, 0.3) is 0 Å². The molecule has 0 bridgehead atoms. The summed E-state index contributed by atoms with van der Waals surface area (Å²) in [6.45, 7) is 9.52. The highest BCUT2D eigenvalue weighted by Crippen LogP contribution is 2.51. The first kappa shape index (κ1) is 9.44. The summed E-state index contributed by atoms with van der Waals surface area (Å²) in [4.78, 5) is 0. The molecule has 1 fully saturated rings. The van der Waals surface area contributed by atoms with E-state index in [9.17, 15) is 0 Å². The molecule has 0 aliphatic carbocycles. The van der Waals surface area contributed by atoms with Crippen LogP contribution in [-0.4, -0.2) is 11.5 Å². The van der Waals surface area contributed by atoms with Crippen LogP contribution in [0.1, 0.15) is 40.5 Å². The largest absolute Gasteiger partial charge is 0.161 e. The van der Waals surface area contributed by atoms with Crippen molar-refractivity contribution in [2.75, 3.05) is 11.5 Å². The zero-order valence-electron chi connectivity index (χ0n) is 8.24. The van der Waals surface area contributed by atoms with E-state index in [4.69, 9.17) is 0 Å². The van der Waals surface area contributed by atoms with Gasteiger partial charge in [0.05, 0.1) is 0 Å². The third-order valence-electron chi connectivity index (χ3n) is 3.37. The van der Waals surface area contributed by atoms with Crippen LogP contribution in [0.2, 0.25) is 0 Å². The third-order valence-corrected chi connectivity index (χ3v) is 4.62. The van der Waals surface area contributed by atoms with Gasteiger partial charge < -0.3 is 0 Å². The van der Waals surface area contributed by atoms with Crippen molar-refractivity contribution in [3.63, 3.8) is 0 Å². The maximum Gasteiger partial charge on any atom is -0.000560 e. The highest BCUT2D eigenvalue weighted by molar-refractivity contribution is 7.99. The molecule has 0 amide bonds. The Kier molecular flexibility index (Phi) is 2.58. The molecule has 0 spiro atoms. The summed E-state index contributed by atoms with van der Waals surface area (Å²) in [6.07, 6.45) is 2.78. The van der Waals surface area contributed by atoms with Crippen molar-refractivity contribution in [2.45, 2.75) is 40.5 Å². The van der Waals surface area contributed by atoms with Crippen molar-refractivity contribution in [2.24, 2.45) is 10.8 Å². The van der Waals surface area contributed by atoms with Gasteiger partial charge in [0.25, 0.3) is 0 Å². The van der Waals surface area contributed by atoms with Crippen molar-refractivity contribution in [3.05, 3.63) is 0 Å². The molecule has 1 heteroatoms. The molecular weight excluding hydrogens is 152 g/mol. The zero-order chi connectivity index (χ0) is 8.54. The van der Waals surface area contributed by atoms with Crippen molar-refractivity contribution in [1.82, 2.24) is 0 Å². The van der Waals surface area contributed by atoms with Gasteiger partial charge in [-0.15, -0.1) is 0 Å². The molecular formula is C10H20S. The molecule has 11 heavy (non-hydrogen) atoms. The monoisotopic (exact) mass is 172 g/mol. The molecule has 0 aromatic rings. The molecule has 1 heterocycles. The van der Waals surface area contributed by atoms with Gasteiger partial charge in [-0.05, 0) is 35.2 Å². The Labute approximate surface area is 75.1 Å². The maximum absolute atomic E-state index is 2.39. The fourth-order valence-electron chi connectivity index (χ4n) is 2.01. The first-order valence-electron chi connectivity index (χ1n) is 4.60. The van der Waals surface area contributed by atoms with Crippen LogP contribution in [-0.2, 0) is 0 Å². The Morgan fingerprint density at radius 1 is 1.36 bits per heavy atom. The van der Waals surface area contributed by atoms with E-state index < -0.39 is 0 Å². The predicted octanol–water partition coefficient (Wildman–Crippen LogP) is 3.57. The summed E-state index contributed by atoms with van der Waals surface area (Å²) in [6, 6.07) is 0. The first-order chi connectivity index (χ1) is 5.02. The maximum atomic E-state index is 2.39. The highest BCUT2D eigenvalue weighted by atomic mass is 32.2. The van der Waals surface area contributed by atoms with Gasteiger partial charge in [-0.25, -0.2) is 0 Å². The standard InChI is InChI=1S/C10H20S/c1-5-10(9(2,3)4)6-7-11-8-10/h5-8H2,1-4H3. The Balaban J connectivity index is 2.75. The number of thioether (sulfide) groups is 1. The van der Waals surface area contributed by atoms with E-state index in [0.717, 1.165) is 0 Å². The van der Waals surface area contributed by atoms with Crippen molar-refractivity contribution in [1.29, 1.82) is 0 Å². The molecule has 66 valence electrons. The second kappa shape index (κ2) is 3.01. The van der Waals surface area contributed by atoms with Crippen LogP contribution >= 0.6 is 11.8 Å². The molecule has 0 radical (unpaired) electrons. The number of hydrogen-bond donors (Lipinski definition) is 0. The van der Waals surface area contributed by atoms with Gasteiger partial charge in [0.2, 0.25) is 0 Å². The van der Waals surface area contributed by atoms with Gasteiger partial charge in [-0.3, -0.25) is 0 Å². The average molecular weight is 172 g/mol. The molecule has 0 saturated carbocycles. The van der Waals surface area contributed by atoms with E-state index in [1.807, 2.05) is 0 Å². The van der Waals surface area contributed by atoms with Crippen LogP contribution in [0.4, 0.5) is 0 Å². The van der Waals surface area contributed by atoms with Crippen LogP contribution in [0.5, 0.6) is 0 Å². The summed E-state index contributed by atoms with van der Waals surface area (Å²) >= 11 is 2.13. The molecule has 1 aliphatic rings. The topological polar surface area (TPSA) is 0 Å². The second-order valence-corrected chi connectivity index (χ2v) is 5.79. The molecule has 0 nitrogen and oxygen atoms in total. The minimum Gasteiger partial charge on any atom is -0.161 e. The lowest BCUT2D eigenvalue weighted by Gasteiger charge is -2.40. The first-order valence-corrected chi connectivity index (χ1v) is 5.75. The van der Waals surface area contributed by atoms with Crippen molar-refractivity contribution in [3.8, 4) is 0 Å². The third kappa shape index (κ3) is 1.58. The fourth-order valence-corrected chi connectivity index (χ4v) is 3.86. The quantitative estimate of drug-likeness (QED) is 0.583. The summed E-state index contributed by atoms with van der Waals surface area (Å²) in [7, 11) is 0. The molecule has 1 atom stereocenters. The van der Waals surface area contributed by atoms with Gasteiger partial charge in [0.15, 0.2) is 0 Å². The van der Waals surface area contributed by atoms with E-state index in [2.05, 4.69) is 39.5 Å². The Morgan fingerprint density at radius 3 is 2.18 bits per heavy atom. The van der Waals surface area contributed by atoms with Gasteiger partial charge in [-0.2, -0.15) is 11.8 Å². The van der Waals surface area contributed by atoms with Crippen LogP contribution in [0.15, 0.2) is 0 Å². The Hall–Kier alpha value is 0.350. The Bertz CT molecular complexity index is 126. The van der Waals surface area contributed by atoms with Gasteiger partial charge in [-0.1, -0.05) is 27.7 Å². The lowest BCUT2D eigenvalue weighted by molar-refractivity contribution is 0.112. The minimum atomic E-state index is 0.505. The van der Waals surface area contributed by atoms with Crippen LogP contribution < -0.4 is 0 Å². The molecule has 1 unspecified atom stereocenters. The highest BCUT2D eigenvalue weighted by Gasteiger charge is 2.42. The SMILES string of the molecule is CCC1(C(C)(C)C)CCSC1. The van der Waals surface area contributed by atoms with E-state index in [1.54, 1.807) is 0 Å². The minimum absolute atomic E-state index is 0.505. The Morgan fingerprint density at radius 2 is 2.00 bits per heavy atom. The summed E-state index contributed by atoms with van der Waals surface area (Å²) < 4.78 is 0. The number of rotatable bonds is 1. The van der Waals surface area contributed by atoms with E-state index in [0.29, 0.717) is 10.8 Å². The van der Waals surface area contributed by atoms with Crippen LogP contribution in [0.3, 0.4) is 0 Å². The van der Waals surface area contributed by atoms with Gasteiger partial charge >= 0.3 is 0 Å². The molecule has 1 aliphatic heterocycles. The lowest BCUT2D eigenvalue weighted by atomic mass is 9.65. The van der Waals surface area contributed by atoms with E-state index in [1.165, 1.54) is 24.3 Å². The molecule has 0 aromatic heterocycles. The second-order valence-electron chi connectivity index (χ2n) is 4.69. The molecule has 0 aromatic carbocycles. The zero-order valence-corrected chi connectivity index (χ0v) is 9.05. The van der Waals surface area contributed by atoms with E-state index in [-0.39, 0.29) is 0 Å². The van der Waals surface area contributed by atoms with Gasteiger partial charge in [0, 0.05) is 0 Å². The van der Waals surface area contributed by atoms with Crippen molar-refractivity contribution >= 4 is 11.8 Å².